The van der Waals surface area contributed by atoms with Gasteiger partial charge in [-0.1, -0.05) is 42.4 Å². The van der Waals surface area contributed by atoms with E-state index in [0.29, 0.717) is 24.0 Å². The summed E-state index contributed by atoms with van der Waals surface area (Å²) in [4.78, 5) is 12.5. The van der Waals surface area contributed by atoms with Crippen molar-refractivity contribution in [3.8, 4) is 0 Å². The maximum Gasteiger partial charge on any atom is 0.279 e. The van der Waals surface area contributed by atoms with Gasteiger partial charge in [-0.15, -0.1) is 0 Å². The van der Waals surface area contributed by atoms with E-state index < -0.39 is 0 Å². The van der Waals surface area contributed by atoms with E-state index in [-0.39, 0.29) is 5.91 Å². The molecule has 0 saturated heterocycles. The molecule has 6 nitrogen and oxygen atoms in total. The van der Waals surface area contributed by atoms with Gasteiger partial charge in [-0.3, -0.25) is 9.48 Å². The summed E-state index contributed by atoms with van der Waals surface area (Å²) in [6, 6.07) is 11.9. The van der Waals surface area contributed by atoms with Crippen LogP contribution < -0.4 is 5.32 Å². The van der Waals surface area contributed by atoms with Crippen LogP contribution in [0.25, 0.3) is 0 Å². The van der Waals surface area contributed by atoms with Gasteiger partial charge in [0.05, 0.1) is 6.54 Å². The average Bonchev–Trinajstić information content (AvgIpc) is 3.22. The summed E-state index contributed by atoms with van der Waals surface area (Å²) in [5, 5.41) is 11.2. The number of aryl methyl sites for hydroxylation is 1. The lowest BCUT2D eigenvalue weighted by Gasteiger charge is -2.16. The molecular weight excluding hydrogens is 316 g/mol. The van der Waals surface area contributed by atoms with Gasteiger partial charge in [-0.05, 0) is 24.3 Å². The summed E-state index contributed by atoms with van der Waals surface area (Å²) in [6.45, 7) is 2.84. The Kier molecular flexibility index (Phi) is 4.09. The molecule has 0 radical (unpaired) electrons. The Morgan fingerprint density at radius 2 is 2.16 bits per heavy atom. The fourth-order valence-corrected chi connectivity index (χ4v) is 3.22. The molecule has 1 unspecified atom stereocenters. The first-order chi connectivity index (χ1) is 12.2. The highest BCUT2D eigenvalue weighted by molar-refractivity contribution is 6.03. The number of hydrogen-bond acceptors (Lipinski definition) is 4. The molecule has 3 aromatic rings. The molecule has 1 atom stereocenters. The topological polar surface area (TPSA) is 73.0 Å². The fourth-order valence-electron chi connectivity index (χ4n) is 3.22. The van der Waals surface area contributed by atoms with Crippen LogP contribution in [0.4, 0.5) is 5.82 Å². The van der Waals surface area contributed by atoms with Gasteiger partial charge in [-0.25, -0.2) is 0 Å². The van der Waals surface area contributed by atoms with Gasteiger partial charge in [-0.2, -0.15) is 5.10 Å². The van der Waals surface area contributed by atoms with Gasteiger partial charge < -0.3 is 9.84 Å². The second kappa shape index (κ2) is 6.55. The van der Waals surface area contributed by atoms with Crippen molar-refractivity contribution in [3.05, 3.63) is 65.2 Å². The Hall–Kier alpha value is -2.89. The minimum absolute atomic E-state index is 0.260. The number of benzene rings is 1. The van der Waals surface area contributed by atoms with Crippen molar-refractivity contribution in [2.24, 2.45) is 5.92 Å². The number of carbonyl (C=O) groups is 1. The highest BCUT2D eigenvalue weighted by Crippen LogP contribution is 2.28. The van der Waals surface area contributed by atoms with Gasteiger partial charge in [0.25, 0.3) is 5.91 Å². The SMILES string of the molecule is CC1CCc2onc(C(=O)Nc3ccn(Cc4ccccc4)n3)c2C1. The maximum atomic E-state index is 12.5. The average molecular weight is 336 g/mol. The molecule has 1 N–H and O–H groups in total. The molecule has 4 rings (SSSR count). The third-order valence-electron chi connectivity index (χ3n) is 4.57. The third-order valence-corrected chi connectivity index (χ3v) is 4.57. The highest BCUT2D eigenvalue weighted by Gasteiger charge is 2.27. The molecule has 1 aliphatic rings. The Balaban J connectivity index is 1.46. The van der Waals surface area contributed by atoms with Crippen LogP contribution in [0.5, 0.6) is 0 Å². The van der Waals surface area contributed by atoms with Crippen molar-refractivity contribution in [2.75, 3.05) is 5.32 Å². The molecule has 1 aliphatic carbocycles. The van der Waals surface area contributed by atoms with Crippen molar-refractivity contribution >= 4 is 11.7 Å². The molecule has 1 aromatic carbocycles. The summed E-state index contributed by atoms with van der Waals surface area (Å²) in [6.07, 6.45) is 4.61. The molecule has 1 amide bonds. The minimum Gasteiger partial charge on any atom is -0.360 e. The van der Waals surface area contributed by atoms with Crippen molar-refractivity contribution < 1.29 is 9.32 Å². The summed E-state index contributed by atoms with van der Waals surface area (Å²) in [5.74, 6) is 1.65. The monoisotopic (exact) mass is 336 g/mol. The number of nitrogens with one attached hydrogen (secondary N) is 1. The quantitative estimate of drug-likeness (QED) is 0.793. The normalized spacial score (nSPS) is 16.4. The second-order valence-electron chi connectivity index (χ2n) is 6.62. The number of nitrogens with zero attached hydrogens (tertiary/aromatic N) is 3. The largest absolute Gasteiger partial charge is 0.360 e. The van der Waals surface area contributed by atoms with Crippen molar-refractivity contribution in [1.82, 2.24) is 14.9 Å². The van der Waals surface area contributed by atoms with Crippen LogP contribution in [0.2, 0.25) is 0 Å². The second-order valence-corrected chi connectivity index (χ2v) is 6.62. The van der Waals surface area contributed by atoms with Crippen LogP contribution >= 0.6 is 0 Å². The number of aromatic nitrogens is 3. The van der Waals surface area contributed by atoms with Crippen LogP contribution in [0.1, 0.15) is 40.7 Å². The van der Waals surface area contributed by atoms with Crippen molar-refractivity contribution in [1.29, 1.82) is 0 Å². The standard InChI is InChI=1S/C19H20N4O2/c1-13-7-8-16-15(11-13)18(22-25-16)19(24)20-17-9-10-23(21-17)12-14-5-3-2-4-6-14/h2-6,9-10,13H,7-8,11-12H2,1H3,(H,20,21,24). The van der Waals surface area contributed by atoms with E-state index in [2.05, 4.69) is 22.5 Å². The first-order valence-electron chi connectivity index (χ1n) is 8.55. The maximum absolute atomic E-state index is 12.5. The molecule has 0 aliphatic heterocycles. The van der Waals surface area contributed by atoms with Gasteiger partial charge in [0.2, 0.25) is 0 Å². The van der Waals surface area contributed by atoms with E-state index in [1.807, 2.05) is 36.5 Å². The number of amides is 1. The van der Waals surface area contributed by atoms with Crippen LogP contribution in [0, 0.1) is 5.92 Å². The summed E-state index contributed by atoms with van der Waals surface area (Å²) in [5.41, 5.74) is 2.49. The Bertz CT molecular complexity index is 882. The van der Waals surface area contributed by atoms with Gasteiger partial charge >= 0.3 is 0 Å². The van der Waals surface area contributed by atoms with Gasteiger partial charge in [0.15, 0.2) is 11.5 Å². The lowest BCUT2D eigenvalue weighted by molar-refractivity contribution is 0.101. The predicted molar refractivity (Wildman–Crippen MR) is 93.4 cm³/mol. The summed E-state index contributed by atoms with van der Waals surface area (Å²) < 4.78 is 7.14. The summed E-state index contributed by atoms with van der Waals surface area (Å²) in [7, 11) is 0. The minimum atomic E-state index is -0.260. The van der Waals surface area contributed by atoms with E-state index >= 15 is 0 Å². The van der Waals surface area contributed by atoms with E-state index in [9.17, 15) is 4.79 Å². The first kappa shape index (κ1) is 15.6. The van der Waals surface area contributed by atoms with Crippen molar-refractivity contribution in [3.63, 3.8) is 0 Å². The lowest BCUT2D eigenvalue weighted by atomic mass is 9.88. The van der Waals surface area contributed by atoms with Gasteiger partial charge in [0.1, 0.15) is 5.76 Å². The van der Waals surface area contributed by atoms with Crippen molar-refractivity contribution in [2.45, 2.75) is 32.7 Å². The number of hydrogen-bond donors (Lipinski definition) is 1. The van der Waals surface area contributed by atoms with Gasteiger partial charge in [0, 0.05) is 24.2 Å². The lowest BCUT2D eigenvalue weighted by Crippen LogP contribution is -2.18. The molecule has 0 saturated carbocycles. The third kappa shape index (κ3) is 3.33. The number of rotatable bonds is 4. The van der Waals surface area contributed by atoms with Crippen LogP contribution in [0.15, 0.2) is 47.1 Å². The molecule has 25 heavy (non-hydrogen) atoms. The molecule has 128 valence electrons. The van der Waals surface area contributed by atoms with Crippen LogP contribution in [-0.4, -0.2) is 20.8 Å². The molecule has 0 bridgehead atoms. The van der Waals surface area contributed by atoms with E-state index in [1.165, 1.54) is 0 Å². The van der Waals surface area contributed by atoms with E-state index in [1.54, 1.807) is 10.7 Å². The summed E-state index contributed by atoms with van der Waals surface area (Å²) >= 11 is 0. The van der Waals surface area contributed by atoms with E-state index in [0.717, 1.165) is 36.1 Å². The predicted octanol–water partition coefficient (Wildman–Crippen LogP) is 3.30. The molecular formula is C19H20N4O2. The Morgan fingerprint density at radius 1 is 1.32 bits per heavy atom. The molecule has 0 spiro atoms. The molecule has 0 fully saturated rings. The Labute approximate surface area is 145 Å². The zero-order chi connectivity index (χ0) is 17.2. The Morgan fingerprint density at radius 3 is 3.00 bits per heavy atom. The van der Waals surface area contributed by atoms with Crippen LogP contribution in [0.3, 0.4) is 0 Å². The zero-order valence-corrected chi connectivity index (χ0v) is 14.1. The fraction of sp³-hybridized carbons (Fsp3) is 0.316. The number of anilines is 1. The molecule has 2 heterocycles. The smallest absolute Gasteiger partial charge is 0.279 e. The van der Waals surface area contributed by atoms with E-state index in [4.69, 9.17) is 4.52 Å². The zero-order valence-electron chi connectivity index (χ0n) is 14.1. The first-order valence-corrected chi connectivity index (χ1v) is 8.55. The number of carbonyl (C=O) groups excluding carboxylic acids is 1. The van der Waals surface area contributed by atoms with Crippen LogP contribution in [-0.2, 0) is 19.4 Å². The highest BCUT2D eigenvalue weighted by atomic mass is 16.5. The number of fused-ring (bicyclic) bond motifs is 1. The molecule has 6 heteroatoms. The molecule has 2 aromatic heterocycles.